The molecule has 0 atom stereocenters. The Morgan fingerprint density at radius 1 is 1.22 bits per heavy atom. The molecule has 0 saturated carbocycles. The van der Waals surface area contributed by atoms with Gasteiger partial charge in [-0.05, 0) is 63.7 Å². The predicted octanol–water partition coefficient (Wildman–Crippen LogP) is 5.57. The van der Waals surface area contributed by atoms with E-state index in [4.69, 9.17) is 22.1 Å². The van der Waals surface area contributed by atoms with Crippen molar-refractivity contribution in [3.05, 3.63) is 51.5 Å². The number of nitrogens with one attached hydrogen (secondary N) is 2. The Hall–Kier alpha value is -1.92. The lowest BCUT2D eigenvalue weighted by Gasteiger charge is -2.20. The van der Waals surface area contributed by atoms with Crippen LogP contribution in [0.2, 0.25) is 5.02 Å². The lowest BCUT2D eigenvalue weighted by atomic mass is 9.87. The van der Waals surface area contributed by atoms with Gasteiger partial charge in [0.25, 0.3) is 0 Å². The van der Waals surface area contributed by atoms with Crippen molar-refractivity contribution < 1.29 is 9.53 Å². The molecule has 0 fully saturated rings. The summed E-state index contributed by atoms with van der Waals surface area (Å²) in [6, 6.07) is 10.7. The molecule has 5 nitrogen and oxygen atoms in total. The Morgan fingerprint density at radius 2 is 1.96 bits per heavy atom. The number of nitrogens with two attached hydrogens (primary N) is 1. The summed E-state index contributed by atoms with van der Waals surface area (Å²) in [6.45, 7) is 7.49. The van der Waals surface area contributed by atoms with E-state index in [9.17, 15) is 4.79 Å². The maximum Gasteiger partial charge on any atom is 0.319 e. The summed E-state index contributed by atoms with van der Waals surface area (Å²) in [5.74, 6) is 0.793. The molecular formula is C20H25BrClN3O2. The highest BCUT2D eigenvalue weighted by Crippen LogP contribution is 2.31. The fourth-order valence-corrected chi connectivity index (χ4v) is 3.07. The van der Waals surface area contributed by atoms with Crippen LogP contribution in [0.3, 0.4) is 0 Å². The highest BCUT2D eigenvalue weighted by molar-refractivity contribution is 9.10. The third-order valence-corrected chi connectivity index (χ3v) is 4.84. The van der Waals surface area contributed by atoms with Crippen LogP contribution in [0, 0.1) is 0 Å². The lowest BCUT2D eigenvalue weighted by Crippen LogP contribution is -2.30. The highest BCUT2D eigenvalue weighted by atomic mass is 79.9. The minimum atomic E-state index is -0.322. The Labute approximate surface area is 173 Å². The third-order valence-electron chi connectivity index (χ3n) is 3.90. The molecule has 0 aliphatic heterocycles. The van der Waals surface area contributed by atoms with E-state index in [1.54, 1.807) is 18.2 Å². The first-order valence-electron chi connectivity index (χ1n) is 8.69. The standard InChI is InChI=1S/C20H25BrClN3O2/c1-20(2,3)13-5-8-18(15(21)11-13)27-10-4-9-24-19(26)25-17-7-6-14(23)12-16(17)22/h5-8,11-12H,4,9-10,23H2,1-3H3,(H2,24,25,26). The van der Waals surface area contributed by atoms with E-state index >= 15 is 0 Å². The summed E-state index contributed by atoms with van der Waals surface area (Å²) in [7, 11) is 0. The number of benzene rings is 2. The van der Waals surface area contributed by atoms with E-state index in [1.807, 2.05) is 6.07 Å². The van der Waals surface area contributed by atoms with Crippen LogP contribution in [-0.2, 0) is 5.41 Å². The quantitative estimate of drug-likeness (QED) is 0.394. The van der Waals surface area contributed by atoms with Crippen LogP contribution < -0.4 is 21.1 Å². The van der Waals surface area contributed by atoms with Gasteiger partial charge in [0.2, 0.25) is 0 Å². The van der Waals surface area contributed by atoms with Gasteiger partial charge in [-0.3, -0.25) is 0 Å². The van der Waals surface area contributed by atoms with Gasteiger partial charge in [-0.25, -0.2) is 4.79 Å². The van der Waals surface area contributed by atoms with Crippen LogP contribution in [0.5, 0.6) is 5.75 Å². The zero-order chi connectivity index (χ0) is 20.0. The number of urea groups is 1. The van der Waals surface area contributed by atoms with Gasteiger partial charge in [-0.1, -0.05) is 38.4 Å². The third kappa shape index (κ3) is 6.63. The van der Waals surface area contributed by atoms with Gasteiger partial charge in [0.1, 0.15) is 5.75 Å². The van der Waals surface area contributed by atoms with Gasteiger partial charge < -0.3 is 21.1 Å². The molecule has 0 aliphatic carbocycles. The number of carbonyl (C=O) groups excluding carboxylic acids is 1. The molecule has 7 heteroatoms. The normalized spacial score (nSPS) is 11.1. The Bertz CT molecular complexity index is 806. The van der Waals surface area contributed by atoms with E-state index < -0.39 is 0 Å². The molecule has 2 aromatic carbocycles. The summed E-state index contributed by atoms with van der Waals surface area (Å²) in [5.41, 5.74) is 8.02. The Morgan fingerprint density at radius 3 is 2.59 bits per heavy atom. The van der Waals surface area contributed by atoms with Crippen molar-refractivity contribution in [3.63, 3.8) is 0 Å². The maximum absolute atomic E-state index is 11.9. The molecule has 4 N–H and O–H groups in total. The van der Waals surface area contributed by atoms with E-state index in [0.717, 1.165) is 10.2 Å². The average Bonchev–Trinajstić information content (AvgIpc) is 2.57. The van der Waals surface area contributed by atoms with Crippen molar-refractivity contribution in [1.82, 2.24) is 5.32 Å². The molecule has 0 saturated heterocycles. The molecule has 146 valence electrons. The molecule has 0 radical (unpaired) electrons. The summed E-state index contributed by atoms with van der Waals surface area (Å²) in [4.78, 5) is 11.9. The topological polar surface area (TPSA) is 76.4 Å². The summed E-state index contributed by atoms with van der Waals surface area (Å²) >= 11 is 9.59. The first kappa shape index (κ1) is 21.4. The second-order valence-electron chi connectivity index (χ2n) is 7.22. The fraction of sp³-hybridized carbons (Fsp3) is 0.350. The Kier molecular flexibility index (Phi) is 7.39. The maximum atomic E-state index is 11.9. The van der Waals surface area contributed by atoms with Gasteiger partial charge >= 0.3 is 6.03 Å². The monoisotopic (exact) mass is 453 g/mol. The van der Waals surface area contributed by atoms with Crippen LogP contribution in [0.1, 0.15) is 32.8 Å². The lowest BCUT2D eigenvalue weighted by molar-refractivity contribution is 0.250. The average molecular weight is 455 g/mol. The van der Waals surface area contributed by atoms with Gasteiger partial charge in [-0.2, -0.15) is 0 Å². The van der Waals surface area contributed by atoms with Gasteiger partial charge in [0, 0.05) is 12.2 Å². The molecule has 27 heavy (non-hydrogen) atoms. The van der Waals surface area contributed by atoms with E-state index in [2.05, 4.69) is 59.5 Å². The van der Waals surface area contributed by atoms with Crippen LogP contribution in [0.15, 0.2) is 40.9 Å². The Balaban J connectivity index is 1.73. The first-order chi connectivity index (χ1) is 12.7. The summed E-state index contributed by atoms with van der Waals surface area (Å²) in [6.07, 6.45) is 0.677. The van der Waals surface area contributed by atoms with Crippen molar-refractivity contribution >= 4 is 44.9 Å². The van der Waals surface area contributed by atoms with Crippen molar-refractivity contribution in [2.24, 2.45) is 0 Å². The summed E-state index contributed by atoms with van der Waals surface area (Å²) in [5, 5.41) is 5.86. The van der Waals surface area contributed by atoms with Gasteiger partial charge in [0.05, 0.1) is 21.8 Å². The number of hydrogen-bond acceptors (Lipinski definition) is 3. The number of amides is 2. The summed E-state index contributed by atoms with van der Waals surface area (Å²) < 4.78 is 6.71. The number of anilines is 2. The minimum Gasteiger partial charge on any atom is -0.492 e. The molecule has 0 heterocycles. The molecular weight excluding hydrogens is 430 g/mol. The molecule has 0 bridgehead atoms. The second kappa shape index (κ2) is 9.33. The van der Waals surface area contributed by atoms with Crippen molar-refractivity contribution in [3.8, 4) is 5.75 Å². The second-order valence-corrected chi connectivity index (χ2v) is 8.48. The number of rotatable bonds is 6. The van der Waals surface area contributed by atoms with E-state index in [0.29, 0.717) is 36.0 Å². The zero-order valence-electron chi connectivity index (χ0n) is 15.7. The van der Waals surface area contributed by atoms with Crippen molar-refractivity contribution in [1.29, 1.82) is 0 Å². The number of hydrogen-bond donors (Lipinski definition) is 3. The van der Waals surface area contributed by atoms with Crippen molar-refractivity contribution in [2.45, 2.75) is 32.6 Å². The number of halogens is 2. The number of ether oxygens (including phenoxy) is 1. The molecule has 0 aliphatic rings. The molecule has 0 unspecified atom stereocenters. The van der Waals surface area contributed by atoms with Crippen LogP contribution >= 0.6 is 27.5 Å². The van der Waals surface area contributed by atoms with E-state index in [1.165, 1.54) is 5.56 Å². The molecule has 0 aromatic heterocycles. The number of nitrogen functional groups attached to an aromatic ring is 1. The van der Waals surface area contributed by atoms with Crippen molar-refractivity contribution in [2.75, 3.05) is 24.2 Å². The van der Waals surface area contributed by atoms with E-state index in [-0.39, 0.29) is 11.4 Å². The van der Waals surface area contributed by atoms with Crippen LogP contribution in [-0.4, -0.2) is 19.2 Å². The fourth-order valence-electron chi connectivity index (χ4n) is 2.34. The largest absolute Gasteiger partial charge is 0.492 e. The minimum absolute atomic E-state index is 0.0890. The molecule has 0 spiro atoms. The number of carbonyl (C=O) groups is 1. The van der Waals surface area contributed by atoms with Crippen LogP contribution in [0.25, 0.3) is 0 Å². The molecule has 2 rings (SSSR count). The highest BCUT2D eigenvalue weighted by Gasteiger charge is 2.15. The zero-order valence-corrected chi connectivity index (χ0v) is 18.1. The molecule has 2 amide bonds. The van der Waals surface area contributed by atoms with Crippen LogP contribution in [0.4, 0.5) is 16.2 Å². The van der Waals surface area contributed by atoms with Gasteiger partial charge in [0.15, 0.2) is 0 Å². The molecule has 2 aromatic rings. The smallest absolute Gasteiger partial charge is 0.319 e. The van der Waals surface area contributed by atoms with Gasteiger partial charge in [-0.15, -0.1) is 0 Å². The SMILES string of the molecule is CC(C)(C)c1ccc(OCCCNC(=O)Nc2ccc(N)cc2Cl)c(Br)c1. The predicted molar refractivity (Wildman–Crippen MR) is 116 cm³/mol. The first-order valence-corrected chi connectivity index (χ1v) is 9.86.